The van der Waals surface area contributed by atoms with Crippen LogP contribution in [0.15, 0.2) is 42.6 Å². The standard InChI is InChI=1S/C11H13N/c1-4-10(9(2)3)11-7-5-6-8-12-11/h4-8H,1H2,2-3H3. The third-order valence-corrected chi connectivity index (χ3v) is 1.68. The molecule has 0 saturated carbocycles. The first-order valence-electron chi connectivity index (χ1n) is 3.97. The molecule has 0 aliphatic heterocycles. The van der Waals surface area contributed by atoms with Gasteiger partial charge < -0.3 is 0 Å². The third kappa shape index (κ3) is 1.82. The van der Waals surface area contributed by atoms with E-state index in [-0.39, 0.29) is 0 Å². The van der Waals surface area contributed by atoms with Crippen molar-refractivity contribution >= 4 is 5.57 Å². The fourth-order valence-corrected chi connectivity index (χ4v) is 1.09. The highest BCUT2D eigenvalue weighted by atomic mass is 14.7. The van der Waals surface area contributed by atoms with Crippen LogP contribution in [0.1, 0.15) is 19.5 Å². The van der Waals surface area contributed by atoms with Gasteiger partial charge in [0.2, 0.25) is 0 Å². The van der Waals surface area contributed by atoms with Crippen LogP contribution in [0.5, 0.6) is 0 Å². The second-order valence-electron chi connectivity index (χ2n) is 2.83. The lowest BCUT2D eigenvalue weighted by atomic mass is 10.1. The zero-order valence-corrected chi connectivity index (χ0v) is 7.54. The van der Waals surface area contributed by atoms with Crippen LogP contribution in [0.3, 0.4) is 0 Å². The molecule has 0 bridgehead atoms. The number of rotatable bonds is 2. The molecule has 62 valence electrons. The van der Waals surface area contributed by atoms with Gasteiger partial charge in [0.25, 0.3) is 0 Å². The SMILES string of the molecule is C=CC(=C(C)C)c1ccccn1. The van der Waals surface area contributed by atoms with Crippen LogP contribution in [0.4, 0.5) is 0 Å². The van der Waals surface area contributed by atoms with E-state index in [1.54, 1.807) is 6.20 Å². The molecule has 0 saturated heterocycles. The summed E-state index contributed by atoms with van der Waals surface area (Å²) in [6.45, 7) is 7.88. The molecule has 0 aliphatic carbocycles. The van der Waals surface area contributed by atoms with Crippen molar-refractivity contribution in [2.24, 2.45) is 0 Å². The van der Waals surface area contributed by atoms with E-state index in [2.05, 4.69) is 25.4 Å². The fraction of sp³-hybridized carbons (Fsp3) is 0.182. The van der Waals surface area contributed by atoms with Gasteiger partial charge in [-0.1, -0.05) is 24.3 Å². The maximum atomic E-state index is 4.24. The van der Waals surface area contributed by atoms with Crippen molar-refractivity contribution in [1.29, 1.82) is 0 Å². The van der Waals surface area contributed by atoms with Gasteiger partial charge in [-0.2, -0.15) is 0 Å². The maximum absolute atomic E-state index is 4.24. The molecule has 12 heavy (non-hydrogen) atoms. The van der Waals surface area contributed by atoms with E-state index in [4.69, 9.17) is 0 Å². The Kier molecular flexibility index (Phi) is 2.81. The highest BCUT2D eigenvalue weighted by Crippen LogP contribution is 2.16. The Labute approximate surface area is 73.5 Å². The molecule has 1 nitrogen and oxygen atoms in total. The molecule has 0 radical (unpaired) electrons. The molecule has 1 heterocycles. The summed E-state index contributed by atoms with van der Waals surface area (Å²) in [5, 5.41) is 0. The zero-order valence-electron chi connectivity index (χ0n) is 7.54. The Morgan fingerprint density at radius 3 is 2.58 bits per heavy atom. The Morgan fingerprint density at radius 2 is 2.17 bits per heavy atom. The summed E-state index contributed by atoms with van der Waals surface area (Å²) >= 11 is 0. The molecule has 1 aromatic rings. The lowest BCUT2D eigenvalue weighted by molar-refractivity contribution is 1.26. The van der Waals surface area contributed by atoms with E-state index in [9.17, 15) is 0 Å². The Bertz CT molecular complexity index is 292. The van der Waals surface area contributed by atoms with Gasteiger partial charge in [-0.15, -0.1) is 0 Å². The average Bonchev–Trinajstić information content (AvgIpc) is 2.07. The van der Waals surface area contributed by atoms with Gasteiger partial charge in [0.05, 0.1) is 5.69 Å². The van der Waals surface area contributed by atoms with Crippen molar-refractivity contribution in [2.75, 3.05) is 0 Å². The number of hydrogen-bond acceptors (Lipinski definition) is 1. The summed E-state index contributed by atoms with van der Waals surface area (Å²) < 4.78 is 0. The molecule has 1 heteroatoms. The normalized spacial score (nSPS) is 9.17. The fourth-order valence-electron chi connectivity index (χ4n) is 1.09. The Morgan fingerprint density at radius 1 is 1.42 bits per heavy atom. The van der Waals surface area contributed by atoms with E-state index >= 15 is 0 Å². The molecule has 0 spiro atoms. The number of allylic oxidation sites excluding steroid dienone is 3. The van der Waals surface area contributed by atoms with Crippen molar-refractivity contribution in [3.05, 3.63) is 48.3 Å². The first kappa shape index (κ1) is 8.72. The van der Waals surface area contributed by atoms with Crippen LogP contribution in [0.2, 0.25) is 0 Å². The number of aromatic nitrogens is 1. The Hall–Kier alpha value is -1.37. The average molecular weight is 159 g/mol. The van der Waals surface area contributed by atoms with Gasteiger partial charge >= 0.3 is 0 Å². The van der Waals surface area contributed by atoms with Crippen molar-refractivity contribution in [3.63, 3.8) is 0 Å². The van der Waals surface area contributed by atoms with E-state index in [0.717, 1.165) is 11.3 Å². The van der Waals surface area contributed by atoms with Crippen LogP contribution in [0.25, 0.3) is 5.57 Å². The van der Waals surface area contributed by atoms with Crippen LogP contribution < -0.4 is 0 Å². The summed E-state index contributed by atoms with van der Waals surface area (Å²) in [7, 11) is 0. The highest BCUT2D eigenvalue weighted by molar-refractivity contribution is 5.73. The van der Waals surface area contributed by atoms with E-state index in [1.165, 1.54) is 5.57 Å². The largest absolute Gasteiger partial charge is 0.256 e. The summed E-state index contributed by atoms with van der Waals surface area (Å²) in [6.07, 6.45) is 3.64. The summed E-state index contributed by atoms with van der Waals surface area (Å²) in [5.74, 6) is 0. The first-order valence-corrected chi connectivity index (χ1v) is 3.97. The molecule has 1 rings (SSSR count). The van der Waals surface area contributed by atoms with E-state index < -0.39 is 0 Å². The molecular weight excluding hydrogens is 146 g/mol. The van der Waals surface area contributed by atoms with Crippen LogP contribution >= 0.6 is 0 Å². The Balaban J connectivity index is 3.14. The topological polar surface area (TPSA) is 12.9 Å². The predicted octanol–water partition coefficient (Wildman–Crippen LogP) is 3.06. The molecule has 0 amide bonds. The summed E-state index contributed by atoms with van der Waals surface area (Å²) in [4.78, 5) is 4.24. The summed E-state index contributed by atoms with van der Waals surface area (Å²) in [5.41, 5.74) is 3.35. The van der Waals surface area contributed by atoms with Crippen LogP contribution in [0, 0.1) is 0 Å². The monoisotopic (exact) mass is 159 g/mol. The number of nitrogens with zero attached hydrogens (tertiary/aromatic N) is 1. The highest BCUT2D eigenvalue weighted by Gasteiger charge is 1.98. The van der Waals surface area contributed by atoms with Crippen molar-refractivity contribution < 1.29 is 0 Å². The van der Waals surface area contributed by atoms with Crippen molar-refractivity contribution in [3.8, 4) is 0 Å². The molecule has 1 aromatic heterocycles. The van der Waals surface area contributed by atoms with Crippen molar-refractivity contribution in [2.45, 2.75) is 13.8 Å². The lowest BCUT2D eigenvalue weighted by Gasteiger charge is -2.02. The third-order valence-electron chi connectivity index (χ3n) is 1.68. The minimum atomic E-state index is 0.993. The number of pyridine rings is 1. The van der Waals surface area contributed by atoms with Gasteiger partial charge in [-0.3, -0.25) is 4.98 Å². The number of hydrogen-bond donors (Lipinski definition) is 0. The van der Waals surface area contributed by atoms with Crippen LogP contribution in [-0.4, -0.2) is 4.98 Å². The smallest absolute Gasteiger partial charge is 0.0701 e. The molecule has 0 fully saturated rings. The van der Waals surface area contributed by atoms with Crippen LogP contribution in [-0.2, 0) is 0 Å². The molecule has 0 aliphatic rings. The molecule has 0 N–H and O–H groups in total. The second kappa shape index (κ2) is 3.86. The van der Waals surface area contributed by atoms with Gasteiger partial charge in [0.1, 0.15) is 0 Å². The lowest BCUT2D eigenvalue weighted by Crippen LogP contribution is -1.86. The zero-order chi connectivity index (χ0) is 8.97. The summed E-state index contributed by atoms with van der Waals surface area (Å²) in [6, 6.07) is 5.88. The predicted molar refractivity (Wildman–Crippen MR) is 52.7 cm³/mol. The second-order valence-corrected chi connectivity index (χ2v) is 2.83. The minimum Gasteiger partial charge on any atom is -0.256 e. The molecule has 0 unspecified atom stereocenters. The van der Waals surface area contributed by atoms with E-state index in [0.29, 0.717) is 0 Å². The van der Waals surface area contributed by atoms with E-state index in [1.807, 2.05) is 24.3 Å². The first-order chi connectivity index (χ1) is 5.75. The molecular formula is C11H13N. The molecule has 0 atom stereocenters. The van der Waals surface area contributed by atoms with Gasteiger partial charge in [0, 0.05) is 6.20 Å². The molecule has 0 aromatic carbocycles. The van der Waals surface area contributed by atoms with Gasteiger partial charge in [0.15, 0.2) is 0 Å². The maximum Gasteiger partial charge on any atom is 0.0701 e. The van der Waals surface area contributed by atoms with Gasteiger partial charge in [-0.05, 0) is 31.6 Å². The van der Waals surface area contributed by atoms with Crippen molar-refractivity contribution in [1.82, 2.24) is 4.98 Å². The van der Waals surface area contributed by atoms with Gasteiger partial charge in [-0.25, -0.2) is 0 Å². The quantitative estimate of drug-likeness (QED) is 0.604. The minimum absolute atomic E-state index is 0.993.